The van der Waals surface area contributed by atoms with Gasteiger partial charge in [0.1, 0.15) is 5.82 Å². The van der Waals surface area contributed by atoms with Crippen molar-refractivity contribution < 1.29 is 8.42 Å². The van der Waals surface area contributed by atoms with Crippen LogP contribution in [0.2, 0.25) is 5.28 Å². The van der Waals surface area contributed by atoms with Crippen molar-refractivity contribution >= 4 is 33.1 Å². The van der Waals surface area contributed by atoms with Gasteiger partial charge in [-0.1, -0.05) is 6.07 Å². The maximum Gasteiger partial charge on any atom is 0.241 e. The molecule has 0 aliphatic heterocycles. The van der Waals surface area contributed by atoms with E-state index in [1.165, 1.54) is 18.3 Å². The smallest absolute Gasteiger partial charge is 0.241 e. The third kappa shape index (κ3) is 4.66. The van der Waals surface area contributed by atoms with Crippen molar-refractivity contribution in [1.29, 1.82) is 0 Å². The first kappa shape index (κ1) is 16.7. The number of nitrogens with one attached hydrogen (secondary N) is 2. The van der Waals surface area contributed by atoms with Gasteiger partial charge in [0.25, 0.3) is 0 Å². The first-order valence-corrected chi connectivity index (χ1v) is 8.41. The third-order valence-electron chi connectivity index (χ3n) is 2.48. The molecular weight excluding hydrogens is 324 g/mol. The fourth-order valence-corrected chi connectivity index (χ4v) is 3.37. The van der Waals surface area contributed by atoms with Crippen LogP contribution in [-0.4, -0.2) is 23.9 Å². The van der Waals surface area contributed by atoms with Crippen LogP contribution in [0.25, 0.3) is 0 Å². The first-order chi connectivity index (χ1) is 10.2. The van der Waals surface area contributed by atoms with Crippen molar-refractivity contribution in [2.45, 2.75) is 31.2 Å². The highest BCUT2D eigenvalue weighted by molar-refractivity contribution is 7.89. The molecular formula is C14H17ClN4O2S. The van der Waals surface area contributed by atoms with Gasteiger partial charge in [0.15, 0.2) is 0 Å². The van der Waals surface area contributed by atoms with Gasteiger partial charge >= 0.3 is 0 Å². The molecule has 0 fully saturated rings. The Morgan fingerprint density at radius 2 is 1.91 bits per heavy atom. The summed E-state index contributed by atoms with van der Waals surface area (Å²) in [7, 11) is -3.59. The second-order valence-corrected chi connectivity index (χ2v) is 7.74. The van der Waals surface area contributed by atoms with Gasteiger partial charge in [-0.05, 0) is 56.6 Å². The highest BCUT2D eigenvalue weighted by atomic mass is 35.5. The summed E-state index contributed by atoms with van der Waals surface area (Å²) >= 11 is 5.72. The standard InChI is InChI=1S/C14H17ClN4O2S/c1-14(2,3)19-22(20,21)11-6-4-5-10(9-11)17-12-7-8-16-13(15)18-12/h4-9,19H,1-3H3,(H,16,17,18). The molecule has 118 valence electrons. The summed E-state index contributed by atoms with van der Waals surface area (Å²) in [6.07, 6.45) is 1.51. The van der Waals surface area contributed by atoms with Crippen molar-refractivity contribution in [1.82, 2.24) is 14.7 Å². The zero-order chi connectivity index (χ0) is 16.4. The van der Waals surface area contributed by atoms with E-state index in [4.69, 9.17) is 11.6 Å². The molecule has 0 aliphatic rings. The van der Waals surface area contributed by atoms with Crippen LogP contribution >= 0.6 is 11.6 Å². The van der Waals surface area contributed by atoms with Crippen LogP contribution in [0.5, 0.6) is 0 Å². The largest absolute Gasteiger partial charge is 0.340 e. The maximum absolute atomic E-state index is 12.3. The Morgan fingerprint density at radius 1 is 1.18 bits per heavy atom. The fraction of sp³-hybridized carbons (Fsp3) is 0.286. The lowest BCUT2D eigenvalue weighted by molar-refractivity contribution is 0.491. The molecule has 0 atom stereocenters. The van der Waals surface area contributed by atoms with Gasteiger partial charge in [-0.25, -0.2) is 23.1 Å². The molecule has 0 spiro atoms. The quantitative estimate of drug-likeness (QED) is 0.836. The predicted octanol–water partition coefficient (Wildman–Crippen LogP) is 2.95. The molecule has 1 aromatic heterocycles. The summed E-state index contributed by atoms with van der Waals surface area (Å²) in [5.41, 5.74) is 0.0363. The summed E-state index contributed by atoms with van der Waals surface area (Å²) in [5, 5.41) is 3.11. The van der Waals surface area contributed by atoms with E-state index >= 15 is 0 Å². The summed E-state index contributed by atoms with van der Waals surface area (Å²) in [6, 6.07) is 8.10. The van der Waals surface area contributed by atoms with Gasteiger partial charge in [-0.15, -0.1) is 0 Å². The topological polar surface area (TPSA) is 84.0 Å². The second kappa shape index (κ2) is 6.20. The van der Waals surface area contributed by atoms with E-state index in [0.29, 0.717) is 11.5 Å². The molecule has 22 heavy (non-hydrogen) atoms. The lowest BCUT2D eigenvalue weighted by Gasteiger charge is -2.20. The third-order valence-corrected chi connectivity index (χ3v) is 4.42. The Morgan fingerprint density at radius 3 is 2.55 bits per heavy atom. The predicted molar refractivity (Wildman–Crippen MR) is 86.8 cm³/mol. The number of benzene rings is 1. The van der Waals surface area contributed by atoms with Crippen molar-refractivity contribution in [3.05, 3.63) is 41.8 Å². The molecule has 1 heterocycles. The van der Waals surface area contributed by atoms with E-state index in [1.807, 2.05) is 0 Å². The number of hydrogen-bond donors (Lipinski definition) is 2. The van der Waals surface area contributed by atoms with Gasteiger partial charge in [0.05, 0.1) is 4.90 Å². The number of hydrogen-bond acceptors (Lipinski definition) is 5. The number of nitrogens with zero attached hydrogens (tertiary/aromatic N) is 2. The lowest BCUT2D eigenvalue weighted by Crippen LogP contribution is -2.40. The van der Waals surface area contributed by atoms with Crippen LogP contribution < -0.4 is 10.0 Å². The van der Waals surface area contributed by atoms with E-state index in [2.05, 4.69) is 20.0 Å². The minimum absolute atomic E-state index is 0.114. The molecule has 0 saturated heterocycles. The second-order valence-electron chi connectivity index (χ2n) is 5.72. The Balaban J connectivity index is 2.27. The lowest BCUT2D eigenvalue weighted by atomic mass is 10.1. The molecule has 0 radical (unpaired) electrons. The number of halogens is 1. The Hall–Kier alpha value is -1.70. The molecule has 6 nitrogen and oxygen atoms in total. The maximum atomic E-state index is 12.3. The van der Waals surface area contributed by atoms with Crippen molar-refractivity contribution in [2.75, 3.05) is 5.32 Å². The minimum atomic E-state index is -3.59. The minimum Gasteiger partial charge on any atom is -0.340 e. The average Bonchev–Trinajstić information content (AvgIpc) is 2.36. The van der Waals surface area contributed by atoms with Crippen LogP contribution in [-0.2, 0) is 10.0 Å². The van der Waals surface area contributed by atoms with Crippen molar-refractivity contribution in [3.63, 3.8) is 0 Å². The van der Waals surface area contributed by atoms with E-state index in [9.17, 15) is 8.42 Å². The summed E-state index contributed by atoms with van der Waals surface area (Å²) in [4.78, 5) is 7.96. The number of aromatic nitrogens is 2. The van der Waals surface area contributed by atoms with Crippen LogP contribution in [0, 0.1) is 0 Å². The van der Waals surface area contributed by atoms with Crippen LogP contribution in [0.15, 0.2) is 41.4 Å². The Labute approximate surface area is 135 Å². The molecule has 0 bridgehead atoms. The van der Waals surface area contributed by atoms with E-state index < -0.39 is 15.6 Å². The molecule has 0 aliphatic carbocycles. The zero-order valence-corrected chi connectivity index (χ0v) is 14.0. The Bertz CT molecular complexity index is 772. The number of anilines is 2. The van der Waals surface area contributed by atoms with Crippen LogP contribution in [0.3, 0.4) is 0 Å². The van der Waals surface area contributed by atoms with Crippen LogP contribution in [0.1, 0.15) is 20.8 Å². The molecule has 2 rings (SSSR count). The molecule has 8 heteroatoms. The van der Waals surface area contributed by atoms with Crippen molar-refractivity contribution in [2.24, 2.45) is 0 Å². The van der Waals surface area contributed by atoms with Crippen LogP contribution in [0.4, 0.5) is 11.5 Å². The Kier molecular flexibility index (Phi) is 4.69. The SMILES string of the molecule is CC(C)(C)NS(=O)(=O)c1cccc(Nc2ccnc(Cl)n2)c1. The summed E-state index contributed by atoms with van der Waals surface area (Å²) in [5.74, 6) is 0.485. The highest BCUT2D eigenvalue weighted by Crippen LogP contribution is 2.20. The van der Waals surface area contributed by atoms with Gasteiger partial charge < -0.3 is 5.32 Å². The molecule has 0 saturated carbocycles. The van der Waals surface area contributed by atoms with Gasteiger partial charge in [-0.3, -0.25) is 0 Å². The normalized spacial score (nSPS) is 12.2. The first-order valence-electron chi connectivity index (χ1n) is 6.55. The van der Waals surface area contributed by atoms with E-state index in [0.717, 1.165) is 0 Å². The summed E-state index contributed by atoms with van der Waals surface area (Å²) in [6.45, 7) is 5.36. The van der Waals surface area contributed by atoms with Gasteiger partial charge in [0.2, 0.25) is 15.3 Å². The highest BCUT2D eigenvalue weighted by Gasteiger charge is 2.22. The molecule has 2 N–H and O–H groups in total. The van der Waals surface area contributed by atoms with E-state index in [-0.39, 0.29) is 10.2 Å². The molecule has 2 aromatic rings. The van der Waals surface area contributed by atoms with E-state index in [1.54, 1.807) is 39.0 Å². The summed E-state index contributed by atoms with van der Waals surface area (Å²) < 4.78 is 27.3. The fourth-order valence-electron chi connectivity index (χ4n) is 1.76. The number of rotatable bonds is 4. The number of sulfonamides is 1. The monoisotopic (exact) mass is 340 g/mol. The zero-order valence-electron chi connectivity index (χ0n) is 12.5. The van der Waals surface area contributed by atoms with Gasteiger partial charge in [-0.2, -0.15) is 0 Å². The molecule has 0 amide bonds. The molecule has 0 unspecified atom stereocenters. The van der Waals surface area contributed by atoms with Crippen molar-refractivity contribution in [3.8, 4) is 0 Å². The average molecular weight is 341 g/mol. The molecule has 1 aromatic carbocycles. The van der Waals surface area contributed by atoms with Gasteiger partial charge in [0, 0.05) is 17.4 Å².